The summed E-state index contributed by atoms with van der Waals surface area (Å²) in [5, 5.41) is 0. The molecule has 0 bridgehead atoms. The summed E-state index contributed by atoms with van der Waals surface area (Å²) >= 11 is 3.15. The Kier molecular flexibility index (Phi) is 4.10. The molecule has 19 heavy (non-hydrogen) atoms. The molecule has 1 aromatic heterocycles. The minimum absolute atomic E-state index is 0.0174. The predicted molar refractivity (Wildman–Crippen MR) is 69.6 cm³/mol. The highest BCUT2D eigenvalue weighted by molar-refractivity contribution is 9.10. The van der Waals surface area contributed by atoms with Crippen LogP contribution in [0, 0.1) is 5.82 Å². The highest BCUT2D eigenvalue weighted by Crippen LogP contribution is 2.25. The molecule has 0 aliphatic rings. The summed E-state index contributed by atoms with van der Waals surface area (Å²) < 4.78 is 24.5. The van der Waals surface area contributed by atoms with Crippen molar-refractivity contribution in [2.24, 2.45) is 0 Å². The molecule has 100 valence electrons. The molecule has 0 spiro atoms. The molecular weight excluding hydrogens is 319 g/mol. The quantitative estimate of drug-likeness (QED) is 0.928. The molecule has 0 amide bonds. The number of ether oxygens (including phenoxy) is 2. The summed E-state index contributed by atoms with van der Waals surface area (Å²) in [7, 11) is 0. The SMILES string of the molecule is CCOc1nc(N)nc(Oc2ccc(Br)cc2F)n1. The monoisotopic (exact) mass is 328 g/mol. The van der Waals surface area contributed by atoms with Gasteiger partial charge in [0.2, 0.25) is 5.95 Å². The van der Waals surface area contributed by atoms with Gasteiger partial charge in [-0.2, -0.15) is 9.97 Å². The molecule has 2 aromatic rings. The van der Waals surface area contributed by atoms with Crippen molar-refractivity contribution < 1.29 is 13.9 Å². The maximum Gasteiger partial charge on any atom is 0.330 e. The highest BCUT2D eigenvalue weighted by Gasteiger charge is 2.10. The Labute approximate surface area is 116 Å². The molecule has 0 fully saturated rings. The van der Waals surface area contributed by atoms with Gasteiger partial charge in [-0.05, 0) is 25.1 Å². The van der Waals surface area contributed by atoms with Gasteiger partial charge in [0.25, 0.3) is 0 Å². The van der Waals surface area contributed by atoms with Crippen LogP contribution in [-0.2, 0) is 0 Å². The van der Waals surface area contributed by atoms with Crippen molar-refractivity contribution in [2.75, 3.05) is 12.3 Å². The molecule has 2 rings (SSSR count). The van der Waals surface area contributed by atoms with E-state index in [0.717, 1.165) is 0 Å². The maximum absolute atomic E-state index is 13.6. The van der Waals surface area contributed by atoms with Gasteiger partial charge in [0, 0.05) is 4.47 Å². The van der Waals surface area contributed by atoms with Gasteiger partial charge < -0.3 is 15.2 Å². The molecule has 0 unspecified atom stereocenters. The third kappa shape index (κ3) is 3.50. The maximum atomic E-state index is 13.6. The number of nitrogens with zero attached hydrogens (tertiary/aromatic N) is 3. The van der Waals surface area contributed by atoms with E-state index in [-0.39, 0.29) is 23.7 Å². The first-order valence-corrected chi connectivity index (χ1v) is 6.15. The van der Waals surface area contributed by atoms with Gasteiger partial charge in [-0.15, -0.1) is 4.98 Å². The lowest BCUT2D eigenvalue weighted by Gasteiger charge is -2.07. The number of nitrogens with two attached hydrogens (primary N) is 1. The Hall–Kier alpha value is -1.96. The van der Waals surface area contributed by atoms with Crippen molar-refractivity contribution in [1.29, 1.82) is 0 Å². The molecular formula is C11H10BrFN4O2. The van der Waals surface area contributed by atoms with Crippen LogP contribution < -0.4 is 15.2 Å². The van der Waals surface area contributed by atoms with Crippen LogP contribution in [-0.4, -0.2) is 21.6 Å². The molecule has 0 radical (unpaired) electrons. The minimum atomic E-state index is -0.550. The van der Waals surface area contributed by atoms with E-state index in [1.807, 2.05) is 0 Å². The Morgan fingerprint density at radius 2 is 2.00 bits per heavy atom. The van der Waals surface area contributed by atoms with Gasteiger partial charge in [-0.3, -0.25) is 0 Å². The zero-order valence-electron chi connectivity index (χ0n) is 9.93. The number of rotatable bonds is 4. The molecule has 1 heterocycles. The van der Waals surface area contributed by atoms with E-state index in [4.69, 9.17) is 15.2 Å². The van der Waals surface area contributed by atoms with Crippen LogP contribution >= 0.6 is 15.9 Å². The lowest BCUT2D eigenvalue weighted by atomic mass is 10.3. The Morgan fingerprint density at radius 1 is 1.26 bits per heavy atom. The van der Waals surface area contributed by atoms with Crippen molar-refractivity contribution in [3.63, 3.8) is 0 Å². The number of halogens is 2. The van der Waals surface area contributed by atoms with Crippen molar-refractivity contribution in [1.82, 2.24) is 15.0 Å². The third-order valence-corrected chi connectivity index (χ3v) is 2.47. The Morgan fingerprint density at radius 3 is 2.68 bits per heavy atom. The van der Waals surface area contributed by atoms with Crippen molar-refractivity contribution >= 4 is 21.9 Å². The first-order chi connectivity index (χ1) is 9.08. The molecule has 0 atom stereocenters. The third-order valence-electron chi connectivity index (χ3n) is 1.98. The molecule has 8 heteroatoms. The van der Waals surface area contributed by atoms with Gasteiger partial charge in [0.15, 0.2) is 11.6 Å². The van der Waals surface area contributed by atoms with Crippen molar-refractivity contribution in [3.8, 4) is 17.8 Å². The van der Waals surface area contributed by atoms with Crippen LogP contribution in [0.1, 0.15) is 6.92 Å². The molecule has 0 saturated carbocycles. The molecule has 2 N–H and O–H groups in total. The van der Waals surface area contributed by atoms with Crippen LogP contribution in [0.25, 0.3) is 0 Å². The van der Waals surface area contributed by atoms with E-state index < -0.39 is 5.82 Å². The van der Waals surface area contributed by atoms with Gasteiger partial charge >= 0.3 is 12.0 Å². The number of benzene rings is 1. The van der Waals surface area contributed by atoms with Crippen LogP contribution in [0.15, 0.2) is 22.7 Å². The van der Waals surface area contributed by atoms with Crippen LogP contribution in [0.5, 0.6) is 17.8 Å². The number of nitrogen functional groups attached to an aromatic ring is 1. The summed E-state index contributed by atoms with van der Waals surface area (Å²) in [6.07, 6.45) is 0. The second kappa shape index (κ2) is 5.79. The number of anilines is 1. The van der Waals surface area contributed by atoms with E-state index in [0.29, 0.717) is 11.1 Å². The fraction of sp³-hybridized carbons (Fsp3) is 0.182. The lowest BCUT2D eigenvalue weighted by Crippen LogP contribution is -2.05. The first-order valence-electron chi connectivity index (χ1n) is 5.35. The van der Waals surface area contributed by atoms with Gasteiger partial charge in [-0.1, -0.05) is 15.9 Å². The lowest BCUT2D eigenvalue weighted by molar-refractivity contribution is 0.302. The standard InChI is InChI=1S/C11H10BrFN4O2/c1-2-18-10-15-9(14)16-11(17-10)19-8-4-3-6(12)5-7(8)13/h3-5H,2H2,1H3,(H2,14,15,16,17). The Bertz CT molecular complexity index is 597. The Balaban J connectivity index is 2.27. The largest absolute Gasteiger partial charge is 0.464 e. The normalized spacial score (nSPS) is 10.3. The van der Waals surface area contributed by atoms with E-state index >= 15 is 0 Å². The summed E-state index contributed by atoms with van der Waals surface area (Å²) in [4.78, 5) is 11.4. The number of hydrogen-bond donors (Lipinski definition) is 1. The fourth-order valence-electron chi connectivity index (χ4n) is 1.25. The van der Waals surface area contributed by atoms with E-state index in [9.17, 15) is 4.39 Å². The second-order valence-corrected chi connectivity index (χ2v) is 4.28. The van der Waals surface area contributed by atoms with Gasteiger partial charge in [0.1, 0.15) is 0 Å². The molecule has 0 saturated heterocycles. The zero-order valence-corrected chi connectivity index (χ0v) is 11.5. The minimum Gasteiger partial charge on any atom is -0.464 e. The molecule has 0 aliphatic carbocycles. The summed E-state index contributed by atoms with van der Waals surface area (Å²) in [6, 6.07) is 4.25. The summed E-state index contributed by atoms with van der Waals surface area (Å²) in [5.74, 6) is -0.631. The molecule has 0 aliphatic heterocycles. The number of hydrogen-bond acceptors (Lipinski definition) is 6. The van der Waals surface area contributed by atoms with Gasteiger partial charge in [-0.25, -0.2) is 4.39 Å². The van der Waals surface area contributed by atoms with Gasteiger partial charge in [0.05, 0.1) is 6.61 Å². The smallest absolute Gasteiger partial charge is 0.330 e. The highest BCUT2D eigenvalue weighted by atomic mass is 79.9. The molecule has 6 nitrogen and oxygen atoms in total. The van der Waals surface area contributed by atoms with Crippen molar-refractivity contribution in [3.05, 3.63) is 28.5 Å². The second-order valence-electron chi connectivity index (χ2n) is 3.37. The van der Waals surface area contributed by atoms with Crippen LogP contribution in [0.4, 0.5) is 10.3 Å². The topological polar surface area (TPSA) is 83.2 Å². The zero-order chi connectivity index (χ0) is 13.8. The average molecular weight is 329 g/mol. The average Bonchev–Trinajstić information content (AvgIpc) is 2.32. The first kappa shape index (κ1) is 13.5. The van der Waals surface area contributed by atoms with Crippen LogP contribution in [0.3, 0.4) is 0 Å². The van der Waals surface area contributed by atoms with Crippen LogP contribution in [0.2, 0.25) is 0 Å². The number of aromatic nitrogens is 3. The summed E-state index contributed by atoms with van der Waals surface area (Å²) in [5.41, 5.74) is 5.48. The summed E-state index contributed by atoms with van der Waals surface area (Å²) in [6.45, 7) is 2.14. The molecule has 1 aromatic carbocycles. The van der Waals surface area contributed by atoms with E-state index in [1.54, 1.807) is 13.0 Å². The van der Waals surface area contributed by atoms with E-state index in [1.165, 1.54) is 12.1 Å². The van der Waals surface area contributed by atoms with E-state index in [2.05, 4.69) is 30.9 Å². The van der Waals surface area contributed by atoms with Crippen molar-refractivity contribution in [2.45, 2.75) is 6.92 Å². The fourth-order valence-corrected chi connectivity index (χ4v) is 1.58. The predicted octanol–water partition coefficient (Wildman–Crippen LogP) is 2.55.